The van der Waals surface area contributed by atoms with Crippen LogP contribution in [0.5, 0.6) is 5.75 Å². The molecule has 0 N–H and O–H groups in total. The van der Waals surface area contributed by atoms with E-state index in [-0.39, 0.29) is 0 Å². The number of para-hydroxylation sites is 1. The van der Waals surface area contributed by atoms with Crippen molar-refractivity contribution in [1.82, 2.24) is 4.90 Å². The van der Waals surface area contributed by atoms with Gasteiger partial charge in [-0.2, -0.15) is 4.79 Å². The zero-order valence-electron chi connectivity index (χ0n) is 13.1. The van der Waals surface area contributed by atoms with Crippen molar-refractivity contribution in [1.29, 1.82) is 0 Å². The number of Topliss-reactive ketones (excluding diaryl/α,β-unsaturated/α-hetero) is 1. The third-order valence-electron chi connectivity index (χ3n) is 2.97. The summed E-state index contributed by atoms with van der Waals surface area (Å²) >= 11 is 0. The van der Waals surface area contributed by atoms with E-state index < -0.39 is 17.5 Å². The Hall–Kier alpha value is -2.82. The van der Waals surface area contributed by atoms with Crippen LogP contribution in [0.2, 0.25) is 0 Å². The number of ketones is 1. The molecule has 0 saturated heterocycles. The minimum Gasteiger partial charge on any atom is -0.417 e. The van der Waals surface area contributed by atoms with Crippen molar-refractivity contribution >= 4 is 17.5 Å². The maximum absolute atomic E-state index is 11.9. The molecule has 0 radical (unpaired) electrons. The predicted octanol–water partition coefficient (Wildman–Crippen LogP) is 2.03. The van der Waals surface area contributed by atoms with Crippen LogP contribution in [0.25, 0.3) is 5.53 Å². The number of hydrogen-bond donors (Lipinski definition) is 0. The number of hydrogen-bond acceptors (Lipinski definition) is 4. The molecule has 6 nitrogen and oxygen atoms in total. The highest BCUT2D eigenvalue weighted by atomic mass is 16.5. The van der Waals surface area contributed by atoms with E-state index in [9.17, 15) is 9.59 Å². The average Bonchev–Trinajstić information content (AvgIpc) is 2.50. The van der Waals surface area contributed by atoms with Crippen molar-refractivity contribution in [2.45, 2.75) is 13.5 Å². The number of rotatable bonds is 9. The molecule has 0 heterocycles. The molecule has 0 atom stereocenters. The normalized spacial score (nSPS) is 9.83. The maximum Gasteiger partial charge on any atom is 0.441 e. The summed E-state index contributed by atoms with van der Waals surface area (Å²) in [6.45, 7) is 10.3. The number of nitrogens with zero attached hydrogens (tertiary/aromatic N) is 3. The van der Waals surface area contributed by atoms with Gasteiger partial charge in [-0.1, -0.05) is 30.4 Å². The Labute approximate surface area is 135 Å². The van der Waals surface area contributed by atoms with Crippen LogP contribution >= 0.6 is 0 Å². The molecule has 0 aromatic heterocycles. The van der Waals surface area contributed by atoms with Crippen LogP contribution in [-0.4, -0.2) is 40.2 Å². The molecule has 0 aliphatic carbocycles. The first-order valence-electron chi connectivity index (χ1n) is 7.00. The molecule has 23 heavy (non-hydrogen) atoms. The molecular formula is C17H19N3O3. The summed E-state index contributed by atoms with van der Waals surface area (Å²) in [4.78, 5) is 27.8. The molecule has 0 aliphatic heterocycles. The van der Waals surface area contributed by atoms with Gasteiger partial charge in [-0.3, -0.25) is 9.69 Å². The van der Waals surface area contributed by atoms with E-state index in [4.69, 9.17) is 10.3 Å². The molecule has 1 aromatic carbocycles. The van der Waals surface area contributed by atoms with Gasteiger partial charge < -0.3 is 10.3 Å². The van der Waals surface area contributed by atoms with Gasteiger partial charge in [0.05, 0.1) is 0 Å². The van der Waals surface area contributed by atoms with Gasteiger partial charge in [-0.05, 0) is 6.07 Å². The highest BCUT2D eigenvalue weighted by Crippen LogP contribution is 2.20. The first-order chi connectivity index (χ1) is 11.0. The maximum atomic E-state index is 11.9. The van der Waals surface area contributed by atoms with Gasteiger partial charge in [0, 0.05) is 32.1 Å². The molecule has 0 saturated carbocycles. The Kier molecular flexibility index (Phi) is 7.33. The topological polar surface area (TPSA) is 83.0 Å². The third-order valence-corrected chi connectivity index (χ3v) is 2.97. The summed E-state index contributed by atoms with van der Waals surface area (Å²) in [6, 6.07) is 6.95. The number of carbonyl (C=O) groups is 2. The lowest BCUT2D eigenvalue weighted by Crippen LogP contribution is -2.28. The largest absolute Gasteiger partial charge is 0.441 e. The van der Waals surface area contributed by atoms with Crippen molar-refractivity contribution in [2.24, 2.45) is 0 Å². The Morgan fingerprint density at radius 3 is 2.39 bits per heavy atom. The minimum atomic E-state index is -0.994. The van der Waals surface area contributed by atoms with Crippen LogP contribution in [0.4, 0.5) is 0 Å². The number of carbonyl (C=O) groups excluding carboxylic acids is 2. The third kappa shape index (κ3) is 5.47. The van der Waals surface area contributed by atoms with Crippen LogP contribution in [0.1, 0.15) is 12.5 Å². The molecule has 120 valence electrons. The fourth-order valence-electron chi connectivity index (χ4n) is 1.95. The summed E-state index contributed by atoms with van der Waals surface area (Å²) in [5, 5.41) is 0. The van der Waals surface area contributed by atoms with Gasteiger partial charge in [0.15, 0.2) is 0 Å². The van der Waals surface area contributed by atoms with Crippen molar-refractivity contribution in [3.8, 4) is 5.75 Å². The summed E-state index contributed by atoms with van der Waals surface area (Å²) in [7, 11) is 0. The summed E-state index contributed by atoms with van der Waals surface area (Å²) in [6.07, 6.45) is 3.54. The first-order valence-corrected chi connectivity index (χ1v) is 7.00. The highest BCUT2D eigenvalue weighted by Gasteiger charge is 2.28. The molecule has 0 bridgehead atoms. The Morgan fingerprint density at radius 2 is 1.87 bits per heavy atom. The van der Waals surface area contributed by atoms with Crippen molar-refractivity contribution in [3.05, 3.63) is 60.7 Å². The fraction of sp³-hybridized carbons (Fsp3) is 0.235. The van der Waals surface area contributed by atoms with E-state index >= 15 is 0 Å². The summed E-state index contributed by atoms with van der Waals surface area (Å²) in [5.74, 6) is -1.36. The lowest BCUT2D eigenvalue weighted by Gasteiger charge is -2.20. The van der Waals surface area contributed by atoms with Crippen LogP contribution < -0.4 is 4.74 Å². The summed E-state index contributed by atoms with van der Waals surface area (Å²) in [5.41, 5.74) is 8.85. The zero-order valence-corrected chi connectivity index (χ0v) is 13.1. The van der Waals surface area contributed by atoms with Gasteiger partial charge in [0.2, 0.25) is 5.78 Å². The van der Waals surface area contributed by atoms with E-state index in [1.165, 1.54) is 0 Å². The standard InChI is InChI=1S/C17H19N3O3/c1-4-10-20(11-5-2)12-14-8-6-7-9-15(14)23-17(22)16(19-18)13(3)21/h4-9H,1-2,10-12H2,3H3. The van der Waals surface area contributed by atoms with E-state index in [2.05, 4.69) is 17.9 Å². The smallest absolute Gasteiger partial charge is 0.417 e. The van der Waals surface area contributed by atoms with Gasteiger partial charge >= 0.3 is 11.7 Å². The highest BCUT2D eigenvalue weighted by molar-refractivity contribution is 6.62. The lowest BCUT2D eigenvalue weighted by atomic mass is 10.2. The van der Waals surface area contributed by atoms with Crippen molar-refractivity contribution in [3.63, 3.8) is 0 Å². The molecule has 0 amide bonds. The lowest BCUT2D eigenvalue weighted by molar-refractivity contribution is -0.134. The quantitative estimate of drug-likeness (QED) is 0.133. The molecule has 0 unspecified atom stereocenters. The Balaban J connectivity index is 2.99. The summed E-state index contributed by atoms with van der Waals surface area (Å²) < 4.78 is 5.19. The van der Waals surface area contributed by atoms with E-state index in [1.807, 2.05) is 17.0 Å². The van der Waals surface area contributed by atoms with Gasteiger partial charge in [-0.15, -0.1) is 13.2 Å². The molecule has 0 spiro atoms. The van der Waals surface area contributed by atoms with Gasteiger partial charge in [-0.25, -0.2) is 4.79 Å². The molecular weight excluding hydrogens is 294 g/mol. The number of benzene rings is 1. The SMILES string of the molecule is C=CCN(CC=C)Cc1ccccc1OC(=O)C(=[N+]=[N-])C(C)=O. The molecule has 1 aromatic rings. The van der Waals surface area contributed by atoms with E-state index in [0.717, 1.165) is 12.5 Å². The molecule has 0 aliphatic rings. The second-order valence-electron chi connectivity index (χ2n) is 4.77. The zero-order chi connectivity index (χ0) is 17.2. The van der Waals surface area contributed by atoms with Crippen LogP contribution in [0.15, 0.2) is 49.6 Å². The van der Waals surface area contributed by atoms with Gasteiger partial charge in [0.25, 0.3) is 0 Å². The monoisotopic (exact) mass is 313 g/mol. The second-order valence-corrected chi connectivity index (χ2v) is 4.77. The van der Waals surface area contributed by atoms with Gasteiger partial charge in [0.1, 0.15) is 5.75 Å². The number of ether oxygens (including phenoxy) is 1. The second kappa shape index (κ2) is 9.25. The van der Waals surface area contributed by atoms with Crippen LogP contribution in [0.3, 0.4) is 0 Å². The number of esters is 1. The predicted molar refractivity (Wildman–Crippen MR) is 87.1 cm³/mol. The molecule has 0 fully saturated rings. The Bertz CT molecular complexity index is 651. The molecule has 1 rings (SSSR count). The average molecular weight is 313 g/mol. The minimum absolute atomic E-state index is 0.304. The molecule has 6 heteroatoms. The van der Waals surface area contributed by atoms with Crippen molar-refractivity contribution < 1.29 is 19.1 Å². The fourth-order valence-corrected chi connectivity index (χ4v) is 1.95. The van der Waals surface area contributed by atoms with Crippen molar-refractivity contribution in [2.75, 3.05) is 13.1 Å². The van der Waals surface area contributed by atoms with Crippen LogP contribution in [0, 0.1) is 0 Å². The first kappa shape index (κ1) is 18.2. The van der Waals surface area contributed by atoms with E-state index in [1.54, 1.807) is 24.3 Å². The Morgan fingerprint density at radius 1 is 1.26 bits per heavy atom. The van der Waals surface area contributed by atoms with E-state index in [0.29, 0.717) is 25.4 Å². The van der Waals surface area contributed by atoms with Crippen LogP contribution in [-0.2, 0) is 16.1 Å².